The molecule has 0 aromatic carbocycles. The fraction of sp³-hybridized carbons (Fsp3) is 0.500. The average molecular weight is 419 g/mol. The summed E-state index contributed by atoms with van der Waals surface area (Å²) in [4.78, 5) is 19.0. The summed E-state index contributed by atoms with van der Waals surface area (Å²) >= 11 is 28.4. The molecular formula is C4H6CaCl6O7. The van der Waals surface area contributed by atoms with Crippen LogP contribution in [0.1, 0.15) is 0 Å². The van der Waals surface area contributed by atoms with E-state index in [-0.39, 0.29) is 54.2 Å². The normalized spacial score (nSPS) is 8.78. The van der Waals surface area contributed by atoms with Crippen molar-refractivity contribution in [3.05, 3.63) is 0 Å². The molecule has 14 heteroatoms. The number of carboxylic acids is 2. The zero-order chi connectivity index (χ0) is 12.2. The molecular weight excluding hydrogens is 413 g/mol. The van der Waals surface area contributed by atoms with Crippen molar-refractivity contribution in [2.24, 2.45) is 0 Å². The Balaban J connectivity index is -0.0000000327. The monoisotopic (exact) mass is 416 g/mol. The van der Waals surface area contributed by atoms with E-state index in [0.717, 1.165) is 0 Å². The standard InChI is InChI=1S/2C2HCl3O2.Ca.3H2O/c2*3-2(4,5)1(6)7;;;;/h2*(H,6,7);;3*1H2/q;;+2;;;/p-2. The number of aliphatic carboxylic acids is 2. The molecule has 108 valence electrons. The van der Waals surface area contributed by atoms with E-state index in [1.165, 1.54) is 0 Å². The second kappa shape index (κ2) is 15.2. The van der Waals surface area contributed by atoms with Gasteiger partial charge in [-0.1, -0.05) is 69.6 Å². The fourth-order valence-electron chi connectivity index (χ4n) is 0. The van der Waals surface area contributed by atoms with E-state index in [0.29, 0.717) is 0 Å². The molecule has 0 radical (unpaired) electrons. The van der Waals surface area contributed by atoms with Crippen molar-refractivity contribution in [2.75, 3.05) is 0 Å². The maximum Gasteiger partial charge on any atom is 2.00 e. The van der Waals surface area contributed by atoms with E-state index < -0.39 is 19.5 Å². The van der Waals surface area contributed by atoms with Crippen LogP contribution >= 0.6 is 69.6 Å². The number of carboxylic acid groups (broad SMARTS) is 2. The van der Waals surface area contributed by atoms with Crippen LogP contribution in [0.3, 0.4) is 0 Å². The summed E-state index contributed by atoms with van der Waals surface area (Å²) in [6.45, 7) is 0. The number of halogens is 6. The average Bonchev–Trinajstić information content (AvgIpc) is 1.83. The SMILES string of the molecule is O.O.O.O=C([O-])C(Cl)(Cl)Cl.O=C([O-])C(Cl)(Cl)Cl.[Ca+2]. The van der Waals surface area contributed by atoms with Gasteiger partial charge in [-0.2, -0.15) is 0 Å². The largest absolute Gasteiger partial charge is 2.00 e. The quantitative estimate of drug-likeness (QED) is 0.308. The molecule has 0 aliphatic carbocycles. The maximum atomic E-state index is 9.51. The van der Waals surface area contributed by atoms with Crippen LogP contribution in [0, 0.1) is 0 Å². The first-order chi connectivity index (χ1) is 5.89. The van der Waals surface area contributed by atoms with E-state index in [1.54, 1.807) is 0 Å². The summed E-state index contributed by atoms with van der Waals surface area (Å²) in [5.41, 5.74) is 0. The van der Waals surface area contributed by atoms with E-state index in [9.17, 15) is 19.8 Å². The predicted molar refractivity (Wildman–Crippen MR) is 67.2 cm³/mol. The summed E-state index contributed by atoms with van der Waals surface area (Å²) in [7, 11) is 0. The van der Waals surface area contributed by atoms with Crippen molar-refractivity contribution < 1.29 is 36.2 Å². The second-order valence-corrected chi connectivity index (χ2v) is 6.13. The smallest absolute Gasteiger partial charge is 0.545 e. The minimum absolute atomic E-state index is 0. The van der Waals surface area contributed by atoms with Gasteiger partial charge in [-0.05, 0) is 0 Å². The Morgan fingerprint density at radius 2 is 0.722 bits per heavy atom. The number of alkyl halides is 6. The molecule has 0 rings (SSSR count). The van der Waals surface area contributed by atoms with Crippen LogP contribution < -0.4 is 10.2 Å². The molecule has 0 aromatic rings. The summed E-state index contributed by atoms with van der Waals surface area (Å²) in [6.07, 6.45) is 0. The molecule has 0 unspecified atom stereocenters. The van der Waals surface area contributed by atoms with Crippen molar-refractivity contribution in [3.63, 3.8) is 0 Å². The molecule has 0 bridgehead atoms. The Hall–Kier alpha value is 1.82. The fourth-order valence-corrected chi connectivity index (χ4v) is 0. The van der Waals surface area contributed by atoms with Crippen molar-refractivity contribution in [3.8, 4) is 0 Å². The number of hydrogen-bond donors (Lipinski definition) is 0. The van der Waals surface area contributed by atoms with Gasteiger partial charge in [0.25, 0.3) is 0 Å². The molecule has 0 spiro atoms. The molecule has 0 atom stereocenters. The van der Waals surface area contributed by atoms with E-state index in [1.807, 2.05) is 0 Å². The Morgan fingerprint density at radius 3 is 0.722 bits per heavy atom. The van der Waals surface area contributed by atoms with Gasteiger partial charge in [0, 0.05) is 0 Å². The first kappa shape index (κ1) is 36.8. The van der Waals surface area contributed by atoms with Gasteiger partial charge < -0.3 is 36.2 Å². The zero-order valence-corrected chi connectivity index (χ0v) is 14.9. The molecule has 0 amide bonds. The van der Waals surface area contributed by atoms with Crippen molar-refractivity contribution in [2.45, 2.75) is 7.59 Å². The molecule has 0 aliphatic rings. The van der Waals surface area contributed by atoms with Crippen LogP contribution in [0.15, 0.2) is 0 Å². The Morgan fingerprint density at radius 1 is 0.667 bits per heavy atom. The number of carbonyl (C=O) groups is 2. The van der Waals surface area contributed by atoms with Gasteiger partial charge in [0.1, 0.15) is 0 Å². The zero-order valence-electron chi connectivity index (χ0n) is 8.11. The third-order valence-electron chi connectivity index (χ3n) is 0.463. The van der Waals surface area contributed by atoms with Crippen LogP contribution in [0.2, 0.25) is 0 Å². The number of carbonyl (C=O) groups excluding carboxylic acids is 2. The summed E-state index contributed by atoms with van der Waals surface area (Å²) in [6, 6.07) is 0. The molecule has 0 fully saturated rings. The van der Waals surface area contributed by atoms with Crippen molar-refractivity contribution in [1.29, 1.82) is 0 Å². The molecule has 0 heterocycles. The Kier molecular flexibility index (Phi) is 31.1. The molecule has 18 heavy (non-hydrogen) atoms. The van der Waals surface area contributed by atoms with E-state index >= 15 is 0 Å². The van der Waals surface area contributed by atoms with Crippen LogP contribution in [0.25, 0.3) is 0 Å². The maximum absolute atomic E-state index is 9.51. The van der Waals surface area contributed by atoms with Gasteiger partial charge in [-0.3, -0.25) is 0 Å². The van der Waals surface area contributed by atoms with E-state index in [4.69, 9.17) is 69.6 Å². The number of hydrogen-bond acceptors (Lipinski definition) is 4. The summed E-state index contributed by atoms with van der Waals surface area (Å²) < 4.78 is -4.56. The molecule has 0 saturated heterocycles. The van der Waals surface area contributed by atoms with E-state index in [2.05, 4.69) is 0 Å². The van der Waals surface area contributed by atoms with Gasteiger partial charge in [0.2, 0.25) is 7.59 Å². The first-order valence-corrected chi connectivity index (χ1v) is 4.72. The summed E-state index contributed by atoms with van der Waals surface area (Å²) in [5, 5.41) is 19.0. The molecule has 0 aromatic heterocycles. The Bertz CT molecular complexity index is 201. The molecule has 0 aliphatic heterocycles. The minimum atomic E-state index is -2.28. The third kappa shape index (κ3) is 26.4. The first-order valence-electron chi connectivity index (χ1n) is 2.45. The predicted octanol–water partition coefficient (Wildman–Crippen LogP) is -2.64. The van der Waals surface area contributed by atoms with Crippen LogP contribution in [0.4, 0.5) is 0 Å². The van der Waals surface area contributed by atoms with Gasteiger partial charge in [-0.25, -0.2) is 0 Å². The van der Waals surface area contributed by atoms with Gasteiger partial charge in [0.15, 0.2) is 0 Å². The molecule has 0 saturated carbocycles. The van der Waals surface area contributed by atoms with Crippen LogP contribution in [-0.2, 0) is 9.59 Å². The second-order valence-electron chi connectivity index (χ2n) is 1.57. The van der Waals surface area contributed by atoms with Gasteiger partial charge >= 0.3 is 37.7 Å². The van der Waals surface area contributed by atoms with Crippen molar-refractivity contribution in [1.82, 2.24) is 0 Å². The van der Waals surface area contributed by atoms with Gasteiger partial charge in [0.05, 0.1) is 11.9 Å². The van der Waals surface area contributed by atoms with Crippen molar-refractivity contribution >= 4 is 119 Å². The topological polar surface area (TPSA) is 175 Å². The Labute approximate surface area is 161 Å². The van der Waals surface area contributed by atoms with Crippen LogP contribution in [-0.4, -0.2) is 73.7 Å². The van der Waals surface area contributed by atoms with Gasteiger partial charge in [-0.15, -0.1) is 0 Å². The molecule has 6 N–H and O–H groups in total. The minimum Gasteiger partial charge on any atom is -0.545 e. The van der Waals surface area contributed by atoms with Crippen LogP contribution in [0.5, 0.6) is 0 Å². The summed E-state index contributed by atoms with van der Waals surface area (Å²) in [5.74, 6) is -3.42. The molecule has 7 nitrogen and oxygen atoms in total. The number of rotatable bonds is 0. The third-order valence-corrected chi connectivity index (χ3v) is 1.39.